The normalized spacial score (nSPS) is 12.3. The summed E-state index contributed by atoms with van der Waals surface area (Å²) in [6.45, 7) is 7.76. The zero-order valence-corrected chi connectivity index (χ0v) is 22.8. The monoisotopic (exact) mass is 531 g/mol. The highest BCUT2D eigenvalue weighted by atomic mass is 35.5. The van der Waals surface area contributed by atoms with Crippen LogP contribution in [-0.4, -0.2) is 55.2 Å². The number of anilines is 1. The summed E-state index contributed by atoms with van der Waals surface area (Å²) in [5.74, 6) is 1.26. The highest BCUT2D eigenvalue weighted by Crippen LogP contribution is 2.31. The van der Waals surface area contributed by atoms with Crippen LogP contribution in [0.25, 0.3) is 0 Å². The molecule has 0 saturated heterocycles. The van der Waals surface area contributed by atoms with Gasteiger partial charge in [0.25, 0.3) is 5.24 Å². The molecule has 2 aromatic rings. The van der Waals surface area contributed by atoms with Crippen LogP contribution in [0.5, 0.6) is 5.75 Å². The molecule has 3 rings (SSSR count). The van der Waals surface area contributed by atoms with Crippen molar-refractivity contribution >= 4 is 41.1 Å². The van der Waals surface area contributed by atoms with Gasteiger partial charge in [0.15, 0.2) is 0 Å². The number of likely N-dealkylation sites (N-methyl/N-ethyl adjacent to an activating group) is 1. The smallest absolute Gasteiger partial charge is 0.282 e. The molecule has 0 fully saturated rings. The predicted octanol–water partition coefficient (Wildman–Crippen LogP) is 5.70. The van der Waals surface area contributed by atoms with Crippen LogP contribution in [-0.2, 0) is 17.8 Å². The molecule has 36 heavy (non-hydrogen) atoms. The van der Waals surface area contributed by atoms with E-state index in [2.05, 4.69) is 42.5 Å². The zero-order chi connectivity index (χ0) is 26.2. The van der Waals surface area contributed by atoms with Crippen LogP contribution in [0.3, 0.4) is 0 Å². The minimum atomic E-state index is -0.191. The highest BCUT2D eigenvalue weighted by molar-refractivity contribution is 7.96. The first kappa shape index (κ1) is 29.7. The Morgan fingerprint density at radius 1 is 1.22 bits per heavy atom. The van der Waals surface area contributed by atoms with Gasteiger partial charge >= 0.3 is 0 Å². The molecule has 2 aromatic carbocycles. The lowest BCUT2D eigenvalue weighted by Crippen LogP contribution is -2.31. The summed E-state index contributed by atoms with van der Waals surface area (Å²) < 4.78 is 5.85. The summed E-state index contributed by atoms with van der Waals surface area (Å²) in [7, 11) is 2.10. The van der Waals surface area contributed by atoms with Crippen LogP contribution in [0.15, 0.2) is 61.2 Å². The Kier molecular flexibility index (Phi) is 14.1. The van der Waals surface area contributed by atoms with Gasteiger partial charge in [-0.05, 0) is 68.6 Å². The van der Waals surface area contributed by atoms with Crippen molar-refractivity contribution in [3.63, 3.8) is 0 Å². The molecule has 196 valence electrons. The number of carbonyl (C=O) groups is 2. The first-order valence-electron chi connectivity index (χ1n) is 12.4. The van der Waals surface area contributed by atoms with Gasteiger partial charge in [0.05, 0.1) is 6.61 Å². The van der Waals surface area contributed by atoms with Gasteiger partial charge in [-0.1, -0.05) is 49.0 Å². The second-order valence-electron chi connectivity index (χ2n) is 8.64. The summed E-state index contributed by atoms with van der Waals surface area (Å²) in [5.41, 5.74) is 3.24. The Morgan fingerprint density at radius 3 is 2.69 bits per heavy atom. The van der Waals surface area contributed by atoms with E-state index in [-0.39, 0.29) is 11.1 Å². The number of ether oxygens (including phenoxy) is 1. The Bertz CT molecular complexity index is 958. The maximum absolute atomic E-state index is 11.5. The topological polar surface area (TPSA) is 61.9 Å². The average Bonchev–Trinajstić information content (AvgIpc) is 2.88. The molecular weight excluding hydrogens is 494 g/mol. The van der Waals surface area contributed by atoms with Gasteiger partial charge in [-0.25, -0.2) is 0 Å². The molecule has 0 unspecified atom stereocenters. The van der Waals surface area contributed by atoms with E-state index >= 15 is 0 Å². The Hall–Kier alpha value is -2.48. The third-order valence-electron chi connectivity index (χ3n) is 5.70. The molecule has 0 spiro atoms. The summed E-state index contributed by atoms with van der Waals surface area (Å²) in [5, 5.41) is 2.59. The Balaban J connectivity index is 0.000000297. The van der Waals surface area contributed by atoms with Crippen molar-refractivity contribution in [2.24, 2.45) is 0 Å². The number of rotatable bonds is 12. The molecule has 0 atom stereocenters. The first-order chi connectivity index (χ1) is 17.4. The van der Waals surface area contributed by atoms with Crippen LogP contribution in [0, 0.1) is 0 Å². The quantitative estimate of drug-likeness (QED) is 0.160. The number of amides is 2. The third kappa shape index (κ3) is 11.1. The fraction of sp³-hybridized carbons (Fsp3) is 0.429. The highest BCUT2D eigenvalue weighted by Gasteiger charge is 2.20. The molecule has 8 heteroatoms. The number of nitrogens with one attached hydrogen (secondary N) is 1. The Labute approximate surface area is 226 Å². The molecule has 1 N–H and O–H groups in total. The SMILES string of the molecule is C=CCN(C)CCCCOc1ccc2c(c1)CCCN2C(=O)S.O=C(CCCl)NCc1ccccc1. The van der Waals surface area contributed by atoms with Gasteiger partial charge < -0.3 is 19.9 Å². The van der Waals surface area contributed by atoms with E-state index in [1.54, 1.807) is 4.90 Å². The first-order valence-corrected chi connectivity index (χ1v) is 13.3. The van der Waals surface area contributed by atoms with E-state index in [0.29, 0.717) is 18.8 Å². The fourth-order valence-electron chi connectivity index (χ4n) is 3.82. The minimum absolute atomic E-state index is 0.00106. The van der Waals surface area contributed by atoms with Crippen LogP contribution in [0.4, 0.5) is 10.5 Å². The number of aryl methyl sites for hydroxylation is 1. The van der Waals surface area contributed by atoms with Crippen LogP contribution in [0.1, 0.15) is 36.8 Å². The number of hydrogen-bond donors (Lipinski definition) is 2. The maximum Gasteiger partial charge on any atom is 0.282 e. The molecule has 0 saturated carbocycles. The third-order valence-corrected chi connectivity index (χ3v) is 6.13. The molecular formula is C28H38ClN3O3S. The number of hydrogen-bond acceptors (Lipinski definition) is 4. The summed E-state index contributed by atoms with van der Waals surface area (Å²) in [6.07, 6.45) is 6.39. The summed E-state index contributed by atoms with van der Waals surface area (Å²) in [4.78, 5) is 26.5. The molecule has 0 radical (unpaired) electrons. The van der Waals surface area contributed by atoms with E-state index in [9.17, 15) is 9.59 Å². The van der Waals surface area contributed by atoms with E-state index < -0.39 is 0 Å². The molecule has 1 aliphatic heterocycles. The van der Waals surface area contributed by atoms with Crippen molar-refractivity contribution in [3.8, 4) is 5.75 Å². The van der Waals surface area contributed by atoms with Crippen molar-refractivity contribution in [3.05, 3.63) is 72.3 Å². The van der Waals surface area contributed by atoms with E-state index in [0.717, 1.165) is 68.9 Å². The number of thiol groups is 1. The van der Waals surface area contributed by atoms with Crippen molar-refractivity contribution in [1.29, 1.82) is 0 Å². The second kappa shape index (κ2) is 17.1. The molecule has 6 nitrogen and oxygen atoms in total. The number of alkyl halides is 1. The number of unbranched alkanes of at least 4 members (excludes halogenated alkanes) is 1. The molecule has 0 bridgehead atoms. The van der Waals surface area contributed by atoms with Crippen LogP contribution in [0.2, 0.25) is 0 Å². The fourth-order valence-corrected chi connectivity index (χ4v) is 4.20. The maximum atomic E-state index is 11.5. The van der Waals surface area contributed by atoms with Gasteiger partial charge in [-0.15, -0.1) is 18.2 Å². The lowest BCUT2D eigenvalue weighted by Gasteiger charge is -2.28. The van der Waals surface area contributed by atoms with Gasteiger partial charge in [-0.3, -0.25) is 9.59 Å². The number of nitrogens with zero attached hydrogens (tertiary/aromatic N) is 2. The minimum Gasteiger partial charge on any atom is -0.494 e. The second-order valence-corrected chi connectivity index (χ2v) is 9.40. The largest absolute Gasteiger partial charge is 0.494 e. The predicted molar refractivity (Wildman–Crippen MR) is 153 cm³/mol. The van der Waals surface area contributed by atoms with Crippen molar-refractivity contribution in [1.82, 2.24) is 10.2 Å². The average molecular weight is 532 g/mol. The number of carbonyl (C=O) groups excluding carboxylic acids is 2. The zero-order valence-electron chi connectivity index (χ0n) is 21.1. The van der Waals surface area contributed by atoms with Crippen LogP contribution < -0.4 is 15.0 Å². The molecule has 1 heterocycles. The van der Waals surface area contributed by atoms with E-state index in [1.165, 1.54) is 5.56 Å². The standard InChI is InChI=1S/C18H26N2O2S.C10H12ClNO/c1-3-10-19(2)11-4-5-13-22-16-8-9-17-15(14-16)7-6-12-20(17)18(21)23;11-7-6-10(13)12-8-9-4-2-1-3-5-9/h3,8-9,14H,1,4-7,10-13H2,2H3,(H,21,23);1-5H,6-8H2,(H,12,13). The molecule has 1 aliphatic rings. The van der Waals surface area contributed by atoms with Gasteiger partial charge in [0, 0.05) is 37.6 Å². The number of halogens is 1. The van der Waals surface area contributed by atoms with Gasteiger partial charge in [0.2, 0.25) is 5.91 Å². The van der Waals surface area contributed by atoms with Crippen molar-refractivity contribution < 1.29 is 14.3 Å². The Morgan fingerprint density at radius 2 is 2.00 bits per heavy atom. The lowest BCUT2D eigenvalue weighted by atomic mass is 10.0. The van der Waals surface area contributed by atoms with Gasteiger partial charge in [-0.2, -0.15) is 0 Å². The molecule has 0 aliphatic carbocycles. The van der Waals surface area contributed by atoms with Crippen molar-refractivity contribution in [2.45, 2.75) is 38.6 Å². The van der Waals surface area contributed by atoms with E-state index in [4.69, 9.17) is 16.3 Å². The summed E-state index contributed by atoms with van der Waals surface area (Å²) >= 11 is 9.37. The lowest BCUT2D eigenvalue weighted by molar-refractivity contribution is -0.120. The van der Waals surface area contributed by atoms with Gasteiger partial charge in [0.1, 0.15) is 5.75 Å². The van der Waals surface area contributed by atoms with E-state index in [1.807, 2.05) is 48.5 Å². The number of fused-ring (bicyclic) bond motifs is 1. The van der Waals surface area contributed by atoms with Crippen molar-refractivity contribution in [2.75, 3.05) is 44.1 Å². The summed E-state index contributed by atoms with van der Waals surface area (Å²) in [6, 6.07) is 15.8. The molecule has 0 aromatic heterocycles. The molecule has 2 amide bonds. The van der Waals surface area contributed by atoms with Crippen LogP contribution >= 0.6 is 24.2 Å². The number of benzene rings is 2.